The van der Waals surface area contributed by atoms with Crippen LogP contribution >= 0.6 is 0 Å². The molecule has 0 fully saturated rings. The third-order valence-electron chi connectivity index (χ3n) is 1.12. The second-order valence-electron chi connectivity index (χ2n) is 5.07. The minimum Gasteiger partial charge on any atom is -0.432 e. The molecule has 0 radical (unpaired) electrons. The molecule has 0 bridgehead atoms. The van der Waals surface area contributed by atoms with Crippen molar-refractivity contribution < 1.29 is 13.6 Å². The van der Waals surface area contributed by atoms with Gasteiger partial charge in [0.15, 0.2) is 16.6 Å². The highest BCUT2D eigenvalue weighted by Crippen LogP contribution is 2.12. The van der Waals surface area contributed by atoms with Crippen molar-refractivity contribution in [2.24, 2.45) is 0 Å². The van der Waals surface area contributed by atoms with Crippen LogP contribution in [0.1, 0.15) is 0 Å². The predicted octanol–water partition coefficient (Wildman–Crippen LogP) is 1.05. The molecular formula is C7H22O3Si3. The Morgan fingerprint density at radius 3 is 1.38 bits per heavy atom. The molecule has 0 aromatic carbocycles. The van der Waals surface area contributed by atoms with Gasteiger partial charge in [-0.3, -0.25) is 0 Å². The fourth-order valence-electron chi connectivity index (χ4n) is 0.887. The Labute approximate surface area is 85.7 Å². The molecule has 0 aliphatic carbocycles. The van der Waals surface area contributed by atoms with Crippen molar-refractivity contribution in [3.8, 4) is 0 Å². The van der Waals surface area contributed by atoms with Crippen molar-refractivity contribution in [2.75, 3.05) is 0 Å². The molecule has 0 saturated carbocycles. The fraction of sp³-hybridized carbons (Fsp3) is 1.00. The second kappa shape index (κ2) is 4.85. The molecule has 0 aliphatic rings. The molecule has 80 valence electrons. The Morgan fingerprint density at radius 2 is 1.23 bits per heavy atom. The van der Waals surface area contributed by atoms with E-state index in [1.165, 1.54) is 0 Å². The molecule has 3 nitrogen and oxygen atoms in total. The monoisotopic (exact) mass is 238 g/mol. The summed E-state index contributed by atoms with van der Waals surface area (Å²) in [7, 11) is -4.34. The molecule has 13 heavy (non-hydrogen) atoms. The van der Waals surface area contributed by atoms with E-state index in [1.54, 1.807) is 0 Å². The maximum absolute atomic E-state index is 9.19. The first-order valence-electron chi connectivity index (χ1n) is 4.60. The van der Waals surface area contributed by atoms with Crippen LogP contribution in [-0.4, -0.2) is 37.1 Å². The van der Waals surface area contributed by atoms with E-state index in [1.807, 2.05) is 0 Å². The third kappa shape index (κ3) is 8.85. The van der Waals surface area contributed by atoms with Crippen LogP contribution in [0.5, 0.6) is 0 Å². The van der Waals surface area contributed by atoms with Gasteiger partial charge in [-0.05, 0) is 39.3 Å². The summed E-state index contributed by atoms with van der Waals surface area (Å²) in [5, 5.41) is 0. The maximum Gasteiger partial charge on any atom is 0.216 e. The van der Waals surface area contributed by atoms with Crippen molar-refractivity contribution in [2.45, 2.75) is 45.2 Å². The van der Waals surface area contributed by atoms with Gasteiger partial charge in [0, 0.05) is 0 Å². The van der Waals surface area contributed by atoms with E-state index >= 15 is 0 Å². The third-order valence-corrected chi connectivity index (χ3v) is 4.36. The highest BCUT2D eigenvalue weighted by molar-refractivity contribution is 6.71. The summed E-state index contributed by atoms with van der Waals surface area (Å²) in [6, 6.07) is 0. The molecule has 0 atom stereocenters. The van der Waals surface area contributed by atoms with Crippen LogP contribution in [0.25, 0.3) is 0 Å². The van der Waals surface area contributed by atoms with Gasteiger partial charge in [0.25, 0.3) is 0 Å². The molecule has 0 saturated heterocycles. The van der Waals surface area contributed by atoms with Gasteiger partial charge in [-0.15, -0.1) is 0 Å². The lowest BCUT2D eigenvalue weighted by Gasteiger charge is -2.30. The highest BCUT2D eigenvalue weighted by Gasteiger charge is 2.26. The quantitative estimate of drug-likeness (QED) is 0.575. The smallest absolute Gasteiger partial charge is 0.216 e. The van der Waals surface area contributed by atoms with Gasteiger partial charge in [0.2, 0.25) is 9.76 Å². The SMILES string of the molecule is C[Si](C)(C)OC(O[Si](C)(C)C)[SiH2]O. The molecule has 0 heterocycles. The van der Waals surface area contributed by atoms with E-state index in [0.717, 1.165) is 0 Å². The zero-order valence-electron chi connectivity index (χ0n) is 9.55. The predicted molar refractivity (Wildman–Crippen MR) is 63.4 cm³/mol. The first-order valence-corrected chi connectivity index (χ1v) is 12.9. The van der Waals surface area contributed by atoms with E-state index < -0.39 is 26.4 Å². The van der Waals surface area contributed by atoms with Crippen LogP contribution in [0.4, 0.5) is 0 Å². The molecule has 0 aromatic rings. The molecule has 1 N–H and O–H groups in total. The Kier molecular flexibility index (Phi) is 5.05. The molecular weight excluding hydrogens is 216 g/mol. The average molecular weight is 239 g/mol. The maximum atomic E-state index is 9.19. The van der Waals surface area contributed by atoms with Crippen molar-refractivity contribution in [3.05, 3.63) is 0 Å². The van der Waals surface area contributed by atoms with Crippen LogP contribution in [0.3, 0.4) is 0 Å². The van der Waals surface area contributed by atoms with Gasteiger partial charge >= 0.3 is 0 Å². The Balaban J connectivity index is 4.05. The highest BCUT2D eigenvalue weighted by atomic mass is 28.4. The first kappa shape index (κ1) is 13.5. The van der Waals surface area contributed by atoms with Crippen LogP contribution in [0.15, 0.2) is 0 Å². The van der Waals surface area contributed by atoms with Crippen molar-refractivity contribution in [3.63, 3.8) is 0 Å². The Bertz CT molecular complexity index is 134. The number of rotatable bonds is 5. The molecule has 0 rings (SSSR count). The minimum absolute atomic E-state index is 0.279. The van der Waals surface area contributed by atoms with Crippen LogP contribution in [0.2, 0.25) is 39.3 Å². The Hall–Kier alpha value is 0.531. The molecule has 0 aliphatic heterocycles. The lowest BCUT2D eigenvalue weighted by molar-refractivity contribution is 0.0520. The normalized spacial score (nSPS) is 14.8. The second-order valence-corrected chi connectivity index (χ2v) is 15.0. The summed E-state index contributed by atoms with van der Waals surface area (Å²) in [5.74, 6) is -0.279. The van der Waals surface area contributed by atoms with E-state index in [2.05, 4.69) is 39.3 Å². The molecule has 0 unspecified atom stereocenters. The molecule has 0 aromatic heterocycles. The number of hydrogen-bond acceptors (Lipinski definition) is 3. The van der Waals surface area contributed by atoms with E-state index in [4.69, 9.17) is 8.85 Å². The standard InChI is InChI=1S/C7H22O3Si3/c1-12(2,3)9-7(11-8)10-13(4,5)6/h7-8H,11H2,1-6H3. The van der Waals surface area contributed by atoms with Crippen molar-refractivity contribution in [1.29, 1.82) is 0 Å². The van der Waals surface area contributed by atoms with Crippen molar-refractivity contribution in [1.82, 2.24) is 0 Å². The average Bonchev–Trinajstić information content (AvgIpc) is 1.79. The topological polar surface area (TPSA) is 38.7 Å². The summed E-state index contributed by atoms with van der Waals surface area (Å²) in [4.78, 5) is 9.19. The molecule has 0 amide bonds. The Morgan fingerprint density at radius 1 is 0.923 bits per heavy atom. The first-order chi connectivity index (χ1) is 5.64. The van der Waals surface area contributed by atoms with E-state index in [0.29, 0.717) is 0 Å². The summed E-state index contributed by atoms with van der Waals surface area (Å²) in [6.07, 6.45) is 0. The van der Waals surface area contributed by atoms with Gasteiger partial charge < -0.3 is 13.6 Å². The van der Waals surface area contributed by atoms with Crippen LogP contribution < -0.4 is 0 Å². The summed E-state index contributed by atoms with van der Waals surface area (Å²) in [6.45, 7) is 12.7. The largest absolute Gasteiger partial charge is 0.432 e. The lowest BCUT2D eigenvalue weighted by Crippen LogP contribution is -2.43. The van der Waals surface area contributed by atoms with E-state index in [9.17, 15) is 4.80 Å². The van der Waals surface area contributed by atoms with Gasteiger partial charge in [0.1, 0.15) is 5.91 Å². The number of hydrogen-bond donors (Lipinski definition) is 1. The fourth-order valence-corrected chi connectivity index (χ4v) is 6.25. The minimum atomic E-state index is -1.57. The van der Waals surface area contributed by atoms with Crippen LogP contribution in [0, 0.1) is 0 Å². The molecule has 6 heteroatoms. The molecule has 0 spiro atoms. The summed E-state index contributed by atoms with van der Waals surface area (Å²) < 4.78 is 11.5. The van der Waals surface area contributed by atoms with Gasteiger partial charge in [-0.25, -0.2) is 0 Å². The summed E-state index contributed by atoms with van der Waals surface area (Å²) in [5.41, 5.74) is 0. The van der Waals surface area contributed by atoms with Gasteiger partial charge in [0.05, 0.1) is 0 Å². The lowest BCUT2D eigenvalue weighted by atomic mass is 11.5. The van der Waals surface area contributed by atoms with E-state index in [-0.39, 0.29) is 5.91 Å². The van der Waals surface area contributed by atoms with Gasteiger partial charge in [-0.2, -0.15) is 0 Å². The van der Waals surface area contributed by atoms with Gasteiger partial charge in [-0.1, -0.05) is 0 Å². The zero-order valence-corrected chi connectivity index (χ0v) is 13.0. The summed E-state index contributed by atoms with van der Waals surface area (Å²) >= 11 is 0. The van der Waals surface area contributed by atoms with Crippen molar-refractivity contribution >= 4 is 26.4 Å². The zero-order chi connectivity index (χ0) is 10.7. The van der Waals surface area contributed by atoms with Crippen LogP contribution in [-0.2, 0) is 8.85 Å².